The summed E-state index contributed by atoms with van der Waals surface area (Å²) < 4.78 is 5.46. The zero-order valence-electron chi connectivity index (χ0n) is 22.9. The van der Waals surface area contributed by atoms with E-state index >= 15 is 0 Å². The molecule has 0 fully saturated rings. The predicted octanol–water partition coefficient (Wildman–Crippen LogP) is 12.1. The number of hydrogen-bond donors (Lipinski definition) is 0. The summed E-state index contributed by atoms with van der Waals surface area (Å²) in [6.45, 7) is 4.79. The van der Waals surface area contributed by atoms with Crippen molar-refractivity contribution in [3.63, 3.8) is 0 Å². The first-order chi connectivity index (χ1) is 20.1. The van der Waals surface area contributed by atoms with Crippen molar-refractivity contribution in [2.75, 3.05) is 0 Å². The van der Waals surface area contributed by atoms with Crippen LogP contribution in [0.1, 0.15) is 25.0 Å². The fraction of sp³-hybridized carbons (Fsp3) is 0.0769. The van der Waals surface area contributed by atoms with Gasteiger partial charge in [0.15, 0.2) is 0 Å². The lowest BCUT2D eigenvalue weighted by atomic mass is 9.80. The number of fused-ring (bicyclic) bond motifs is 9. The highest BCUT2D eigenvalue weighted by Crippen LogP contribution is 2.52. The minimum Gasteiger partial charge on any atom is -0.135 e. The van der Waals surface area contributed by atoms with E-state index in [1.165, 1.54) is 84.9 Å². The molecule has 41 heavy (non-hydrogen) atoms. The Morgan fingerprint density at radius 2 is 0.854 bits per heavy atom. The molecule has 2 aromatic heterocycles. The van der Waals surface area contributed by atoms with Crippen LogP contribution in [0.3, 0.4) is 0 Å². The molecule has 0 unspecified atom stereocenters. The molecule has 0 N–H and O–H groups in total. The van der Waals surface area contributed by atoms with Crippen molar-refractivity contribution in [2.24, 2.45) is 0 Å². The Kier molecular flexibility index (Phi) is 4.80. The first-order valence-electron chi connectivity index (χ1n) is 14.2. The molecule has 194 valence electrons. The fourth-order valence-electron chi connectivity index (χ4n) is 7.02. The first kappa shape index (κ1) is 23.5. The Morgan fingerprint density at radius 3 is 1.34 bits per heavy atom. The molecule has 1 aliphatic carbocycles. The summed E-state index contributed by atoms with van der Waals surface area (Å²) >= 11 is 3.81. The van der Waals surface area contributed by atoms with E-state index in [1.807, 2.05) is 22.7 Å². The van der Waals surface area contributed by atoms with Crippen LogP contribution in [-0.4, -0.2) is 0 Å². The molecule has 6 aromatic carbocycles. The maximum absolute atomic E-state index is 2.46. The van der Waals surface area contributed by atoms with Crippen LogP contribution >= 0.6 is 22.7 Å². The molecule has 0 nitrogen and oxygen atoms in total. The molecule has 2 heterocycles. The maximum Gasteiger partial charge on any atom is 0.0433 e. The molecule has 0 bridgehead atoms. The topological polar surface area (TPSA) is 0 Å². The van der Waals surface area contributed by atoms with Gasteiger partial charge in [-0.15, -0.1) is 22.7 Å². The van der Waals surface area contributed by atoms with Gasteiger partial charge in [-0.1, -0.05) is 111 Å². The maximum atomic E-state index is 2.46. The third-order valence-corrected chi connectivity index (χ3v) is 11.5. The molecule has 0 aliphatic heterocycles. The van der Waals surface area contributed by atoms with Crippen LogP contribution in [0.25, 0.3) is 73.7 Å². The van der Waals surface area contributed by atoms with Gasteiger partial charge in [0, 0.05) is 45.8 Å². The van der Waals surface area contributed by atoms with Crippen molar-refractivity contribution in [3.8, 4) is 33.4 Å². The van der Waals surface area contributed by atoms with Crippen LogP contribution in [-0.2, 0) is 5.41 Å². The Hall–Kier alpha value is -4.24. The molecule has 1 aliphatic rings. The van der Waals surface area contributed by atoms with Crippen molar-refractivity contribution < 1.29 is 0 Å². The molecule has 0 radical (unpaired) electrons. The number of benzene rings is 6. The summed E-state index contributed by atoms with van der Waals surface area (Å²) in [7, 11) is 0. The highest BCUT2D eigenvalue weighted by molar-refractivity contribution is 7.26. The van der Waals surface area contributed by atoms with E-state index in [1.54, 1.807) is 0 Å². The summed E-state index contributed by atoms with van der Waals surface area (Å²) in [5.41, 5.74) is 10.7. The SMILES string of the molecule is CC1(C)c2cc(-c3cccc4c3sc3ccccc34)ccc2-c2ccc(-c3cccc4c3sc3ccccc34)cc21. The van der Waals surface area contributed by atoms with Crippen LogP contribution in [0.4, 0.5) is 0 Å². The van der Waals surface area contributed by atoms with Crippen molar-refractivity contribution in [1.82, 2.24) is 0 Å². The first-order valence-corrected chi connectivity index (χ1v) is 15.8. The van der Waals surface area contributed by atoms with Gasteiger partial charge in [-0.2, -0.15) is 0 Å². The van der Waals surface area contributed by atoms with Crippen LogP contribution in [0, 0.1) is 0 Å². The normalized spacial score (nSPS) is 13.8. The third kappa shape index (κ3) is 3.26. The molecule has 0 saturated carbocycles. The van der Waals surface area contributed by atoms with E-state index in [-0.39, 0.29) is 5.41 Å². The smallest absolute Gasteiger partial charge is 0.0433 e. The quantitative estimate of drug-likeness (QED) is 0.198. The Balaban J connectivity index is 1.19. The minimum absolute atomic E-state index is 0.0845. The molecule has 8 aromatic rings. The lowest BCUT2D eigenvalue weighted by molar-refractivity contribution is 0.661. The summed E-state index contributed by atoms with van der Waals surface area (Å²) in [6, 6.07) is 45.4. The highest BCUT2D eigenvalue weighted by atomic mass is 32.1. The number of rotatable bonds is 2. The second-order valence-corrected chi connectivity index (χ2v) is 13.8. The molecule has 2 heteroatoms. The molecule has 9 rings (SSSR count). The van der Waals surface area contributed by atoms with Gasteiger partial charge in [-0.25, -0.2) is 0 Å². The molecular formula is C39H26S2. The zero-order valence-corrected chi connectivity index (χ0v) is 24.5. The van der Waals surface area contributed by atoms with Gasteiger partial charge < -0.3 is 0 Å². The van der Waals surface area contributed by atoms with Gasteiger partial charge in [-0.05, 0) is 68.8 Å². The summed E-state index contributed by atoms with van der Waals surface area (Å²) in [5.74, 6) is 0. The van der Waals surface area contributed by atoms with Gasteiger partial charge >= 0.3 is 0 Å². The van der Waals surface area contributed by atoms with Crippen molar-refractivity contribution in [3.05, 3.63) is 132 Å². The molecule has 0 atom stereocenters. The largest absolute Gasteiger partial charge is 0.135 e. The summed E-state index contributed by atoms with van der Waals surface area (Å²) in [6.07, 6.45) is 0. The zero-order chi connectivity index (χ0) is 27.3. The van der Waals surface area contributed by atoms with Crippen LogP contribution < -0.4 is 0 Å². The van der Waals surface area contributed by atoms with E-state index in [2.05, 4.69) is 135 Å². The fourth-order valence-corrected chi connectivity index (χ4v) is 9.50. The average Bonchev–Trinajstić information content (AvgIpc) is 3.65. The standard InChI is InChI=1S/C39H26S2/c1-39(2)33-21-23(25-11-7-13-31-29-9-3-5-15-35(29)40-37(25)31)17-19-27(33)28-20-18-24(22-34(28)39)26-12-8-14-32-30-10-4-6-16-36(30)41-38(26)32/h3-22H,1-2H3. The predicted molar refractivity (Wildman–Crippen MR) is 181 cm³/mol. The van der Waals surface area contributed by atoms with Gasteiger partial charge in [0.2, 0.25) is 0 Å². The molecule has 0 saturated heterocycles. The second-order valence-electron chi connectivity index (χ2n) is 11.7. The van der Waals surface area contributed by atoms with Crippen LogP contribution in [0.15, 0.2) is 121 Å². The van der Waals surface area contributed by atoms with Gasteiger partial charge in [0.05, 0.1) is 0 Å². The Bertz CT molecular complexity index is 2180. The minimum atomic E-state index is -0.0845. The van der Waals surface area contributed by atoms with E-state index in [0.717, 1.165) is 0 Å². The van der Waals surface area contributed by atoms with E-state index in [0.29, 0.717) is 0 Å². The van der Waals surface area contributed by atoms with Crippen molar-refractivity contribution in [2.45, 2.75) is 19.3 Å². The lowest BCUT2D eigenvalue weighted by Crippen LogP contribution is -2.15. The monoisotopic (exact) mass is 558 g/mol. The summed E-state index contributed by atoms with van der Waals surface area (Å²) in [5, 5.41) is 5.41. The van der Waals surface area contributed by atoms with E-state index in [4.69, 9.17) is 0 Å². The van der Waals surface area contributed by atoms with Crippen molar-refractivity contribution in [1.29, 1.82) is 0 Å². The number of thiophene rings is 2. The average molecular weight is 559 g/mol. The van der Waals surface area contributed by atoms with Gasteiger partial charge in [-0.3, -0.25) is 0 Å². The third-order valence-electron chi connectivity index (χ3n) is 9.11. The van der Waals surface area contributed by atoms with Gasteiger partial charge in [0.1, 0.15) is 0 Å². The van der Waals surface area contributed by atoms with E-state index < -0.39 is 0 Å². The van der Waals surface area contributed by atoms with Crippen LogP contribution in [0.5, 0.6) is 0 Å². The lowest BCUT2D eigenvalue weighted by Gasteiger charge is -2.23. The van der Waals surface area contributed by atoms with E-state index in [9.17, 15) is 0 Å². The summed E-state index contributed by atoms with van der Waals surface area (Å²) in [4.78, 5) is 0. The Labute approximate surface area is 247 Å². The van der Waals surface area contributed by atoms with Crippen molar-refractivity contribution >= 4 is 63.0 Å². The van der Waals surface area contributed by atoms with Crippen LogP contribution in [0.2, 0.25) is 0 Å². The number of hydrogen-bond acceptors (Lipinski definition) is 2. The Morgan fingerprint density at radius 1 is 0.415 bits per heavy atom. The molecule has 0 spiro atoms. The second kappa shape index (κ2) is 8.39. The molecular weight excluding hydrogens is 533 g/mol. The molecule has 0 amide bonds. The highest BCUT2D eigenvalue weighted by Gasteiger charge is 2.36. The van der Waals surface area contributed by atoms with Gasteiger partial charge in [0.25, 0.3) is 0 Å².